The van der Waals surface area contributed by atoms with E-state index in [-0.39, 0.29) is 6.04 Å². The van der Waals surface area contributed by atoms with Crippen molar-refractivity contribution in [2.24, 2.45) is 0 Å². The number of nitrogens with zero attached hydrogens (tertiary/aromatic N) is 3. The number of nitrogens with one attached hydrogen (secondary N) is 1. The van der Waals surface area contributed by atoms with Gasteiger partial charge in [0.25, 0.3) is 0 Å². The Bertz CT molecular complexity index is 1080. The number of hydrogen-bond acceptors (Lipinski definition) is 6. The molecule has 2 aromatic heterocycles. The fraction of sp³-hybridized carbons (Fsp3) is 0.455. The third kappa shape index (κ3) is 3.79. The lowest BCUT2D eigenvalue weighted by atomic mass is 10.1. The van der Waals surface area contributed by atoms with E-state index in [1.807, 2.05) is 6.92 Å². The zero-order valence-corrected chi connectivity index (χ0v) is 17.7. The van der Waals surface area contributed by atoms with E-state index in [1.165, 1.54) is 22.6 Å². The molecule has 158 valence electrons. The molecular formula is C22H24F2N4OS. The maximum Gasteiger partial charge on any atom is 0.159 e. The summed E-state index contributed by atoms with van der Waals surface area (Å²) in [6.07, 6.45) is 3.29. The first-order chi connectivity index (χ1) is 14.6. The number of morpholine rings is 1. The normalized spacial score (nSPS) is 18.0. The minimum Gasteiger partial charge on any atom is -0.379 e. The lowest BCUT2D eigenvalue weighted by molar-refractivity contribution is 0.0331. The van der Waals surface area contributed by atoms with Crippen LogP contribution in [0.2, 0.25) is 0 Å². The van der Waals surface area contributed by atoms with E-state index < -0.39 is 11.6 Å². The molecule has 3 aromatic rings. The quantitative estimate of drug-likeness (QED) is 0.648. The van der Waals surface area contributed by atoms with Gasteiger partial charge in [0.1, 0.15) is 16.5 Å². The van der Waals surface area contributed by atoms with Gasteiger partial charge < -0.3 is 10.1 Å². The van der Waals surface area contributed by atoms with Gasteiger partial charge in [-0.25, -0.2) is 18.7 Å². The minimum atomic E-state index is -0.835. The van der Waals surface area contributed by atoms with Gasteiger partial charge in [-0.15, -0.1) is 11.3 Å². The number of anilines is 1. The highest BCUT2D eigenvalue weighted by molar-refractivity contribution is 7.19. The van der Waals surface area contributed by atoms with E-state index in [0.29, 0.717) is 12.1 Å². The lowest BCUT2D eigenvalue weighted by Crippen LogP contribution is -2.36. The molecule has 0 bridgehead atoms. The zero-order valence-electron chi connectivity index (χ0n) is 16.9. The number of benzene rings is 1. The highest BCUT2D eigenvalue weighted by atomic mass is 32.1. The molecule has 1 atom stereocenters. The molecule has 30 heavy (non-hydrogen) atoms. The molecule has 1 N–H and O–H groups in total. The molecule has 0 unspecified atom stereocenters. The second kappa shape index (κ2) is 8.17. The Hall–Kier alpha value is -2.16. The molecule has 5 nitrogen and oxygen atoms in total. The molecule has 1 saturated heterocycles. The largest absolute Gasteiger partial charge is 0.379 e. The van der Waals surface area contributed by atoms with Gasteiger partial charge in [-0.3, -0.25) is 4.90 Å². The Morgan fingerprint density at radius 2 is 2.00 bits per heavy atom. The first-order valence-corrected chi connectivity index (χ1v) is 11.2. The van der Waals surface area contributed by atoms with Crippen molar-refractivity contribution in [3.8, 4) is 0 Å². The molecule has 5 rings (SSSR count). The Balaban J connectivity index is 1.50. The fourth-order valence-corrected chi connectivity index (χ4v) is 5.52. The average molecular weight is 431 g/mol. The Labute approximate surface area is 178 Å². The summed E-state index contributed by atoms with van der Waals surface area (Å²) in [6.45, 7) is 5.82. The maximum absolute atomic E-state index is 13.7. The number of rotatable bonds is 5. The molecule has 8 heteroatoms. The molecular weight excluding hydrogens is 406 g/mol. The number of hydrogen-bond donors (Lipinski definition) is 1. The highest BCUT2D eigenvalue weighted by Gasteiger charge is 2.24. The molecule has 2 aliphatic rings. The number of aromatic nitrogens is 2. The Morgan fingerprint density at radius 1 is 1.17 bits per heavy atom. The number of ether oxygens (including phenoxy) is 1. The van der Waals surface area contributed by atoms with Crippen LogP contribution in [0.1, 0.15) is 41.2 Å². The van der Waals surface area contributed by atoms with Gasteiger partial charge in [0.05, 0.1) is 31.2 Å². The zero-order chi connectivity index (χ0) is 20.7. The molecule has 0 radical (unpaired) electrons. The van der Waals surface area contributed by atoms with Crippen LogP contribution < -0.4 is 5.32 Å². The van der Waals surface area contributed by atoms with Crippen LogP contribution >= 0.6 is 11.3 Å². The molecule has 1 fully saturated rings. The Kier molecular flexibility index (Phi) is 5.39. The van der Waals surface area contributed by atoms with E-state index in [2.05, 4.69) is 10.2 Å². The van der Waals surface area contributed by atoms with Crippen LogP contribution in [-0.4, -0.2) is 41.2 Å². The summed E-state index contributed by atoms with van der Waals surface area (Å²) in [5, 5.41) is 4.55. The van der Waals surface area contributed by atoms with Crippen LogP contribution in [0.15, 0.2) is 18.2 Å². The predicted molar refractivity (Wildman–Crippen MR) is 114 cm³/mol. The van der Waals surface area contributed by atoms with Crippen molar-refractivity contribution < 1.29 is 13.5 Å². The summed E-state index contributed by atoms with van der Waals surface area (Å²) in [5.41, 5.74) is 2.02. The van der Waals surface area contributed by atoms with Gasteiger partial charge in [-0.1, -0.05) is 6.07 Å². The van der Waals surface area contributed by atoms with E-state index in [0.717, 1.165) is 67.4 Å². The number of fused-ring (bicyclic) bond motifs is 3. The van der Waals surface area contributed by atoms with Gasteiger partial charge in [-0.05, 0) is 49.4 Å². The van der Waals surface area contributed by atoms with Gasteiger partial charge >= 0.3 is 0 Å². The molecule has 1 aliphatic carbocycles. The van der Waals surface area contributed by atoms with Crippen LogP contribution in [0, 0.1) is 11.6 Å². The average Bonchev–Trinajstić information content (AvgIpc) is 3.31. The third-order valence-corrected chi connectivity index (χ3v) is 7.06. The van der Waals surface area contributed by atoms with Crippen molar-refractivity contribution in [2.45, 2.75) is 38.8 Å². The fourth-order valence-electron chi connectivity index (χ4n) is 4.24. The highest BCUT2D eigenvalue weighted by Crippen LogP contribution is 2.40. The van der Waals surface area contributed by atoms with E-state index in [9.17, 15) is 8.78 Å². The van der Waals surface area contributed by atoms with Gasteiger partial charge in [-0.2, -0.15) is 0 Å². The predicted octanol–water partition coefficient (Wildman–Crippen LogP) is 4.46. The van der Waals surface area contributed by atoms with Gasteiger partial charge in [0.15, 0.2) is 11.6 Å². The molecule has 0 saturated carbocycles. The summed E-state index contributed by atoms with van der Waals surface area (Å²) in [6, 6.07) is 3.82. The van der Waals surface area contributed by atoms with Crippen LogP contribution in [0.3, 0.4) is 0 Å². The first-order valence-electron chi connectivity index (χ1n) is 10.4. The van der Waals surface area contributed by atoms with E-state index in [4.69, 9.17) is 14.7 Å². The Morgan fingerprint density at radius 3 is 2.80 bits per heavy atom. The second-order valence-electron chi connectivity index (χ2n) is 7.95. The minimum absolute atomic E-state index is 0.216. The second-order valence-corrected chi connectivity index (χ2v) is 9.04. The summed E-state index contributed by atoms with van der Waals surface area (Å²) in [4.78, 5) is 14.5. The number of halogens is 2. The van der Waals surface area contributed by atoms with Crippen molar-refractivity contribution in [3.05, 3.63) is 51.7 Å². The standard InChI is InChI=1S/C22H24F2N4OS/c1-13(14-5-6-16(23)17(24)11-14)25-21-20-15-3-2-4-18(15)30-22(20)27-19(26-21)12-28-7-9-29-10-8-28/h5-6,11,13H,2-4,7-10,12H2,1H3,(H,25,26,27)/t13-/m0/s1. The van der Waals surface area contributed by atoms with E-state index in [1.54, 1.807) is 17.4 Å². The summed E-state index contributed by atoms with van der Waals surface area (Å²) >= 11 is 1.76. The smallest absolute Gasteiger partial charge is 0.159 e. The molecule has 3 heterocycles. The van der Waals surface area contributed by atoms with Gasteiger partial charge in [0, 0.05) is 18.0 Å². The van der Waals surface area contributed by atoms with Crippen LogP contribution in [0.25, 0.3) is 10.2 Å². The van der Waals surface area contributed by atoms with Crippen molar-refractivity contribution in [2.75, 3.05) is 31.6 Å². The number of thiophene rings is 1. The number of aryl methyl sites for hydroxylation is 2. The summed E-state index contributed by atoms with van der Waals surface area (Å²) < 4.78 is 32.5. The van der Waals surface area contributed by atoms with E-state index >= 15 is 0 Å². The first kappa shape index (κ1) is 19.8. The van der Waals surface area contributed by atoms with Crippen LogP contribution in [0.5, 0.6) is 0 Å². The monoisotopic (exact) mass is 430 g/mol. The maximum atomic E-state index is 13.7. The van der Waals surface area contributed by atoms with Crippen LogP contribution in [-0.2, 0) is 24.1 Å². The van der Waals surface area contributed by atoms with Crippen LogP contribution in [0.4, 0.5) is 14.6 Å². The van der Waals surface area contributed by atoms with Crippen molar-refractivity contribution in [3.63, 3.8) is 0 Å². The SMILES string of the molecule is C[C@H](Nc1nc(CN2CCOCC2)nc2sc3c(c12)CCC3)c1ccc(F)c(F)c1. The van der Waals surface area contributed by atoms with Crippen molar-refractivity contribution in [1.82, 2.24) is 14.9 Å². The third-order valence-electron chi connectivity index (χ3n) is 5.88. The summed E-state index contributed by atoms with van der Waals surface area (Å²) in [7, 11) is 0. The topological polar surface area (TPSA) is 50.3 Å². The molecule has 1 aliphatic heterocycles. The summed E-state index contributed by atoms with van der Waals surface area (Å²) in [5.74, 6) is -0.0959. The van der Waals surface area contributed by atoms with Crippen molar-refractivity contribution in [1.29, 1.82) is 0 Å². The molecule has 1 aromatic carbocycles. The molecule has 0 spiro atoms. The van der Waals surface area contributed by atoms with Gasteiger partial charge in [0.2, 0.25) is 0 Å². The van der Waals surface area contributed by atoms with Crippen molar-refractivity contribution >= 4 is 27.4 Å². The lowest BCUT2D eigenvalue weighted by Gasteiger charge is -2.26. The molecule has 0 amide bonds.